The van der Waals surface area contributed by atoms with Crippen LogP contribution in [0.3, 0.4) is 0 Å². The Morgan fingerprint density at radius 1 is 1.06 bits per heavy atom. The molecule has 0 aromatic heterocycles. The van der Waals surface area contributed by atoms with E-state index in [4.69, 9.17) is 9.84 Å². The van der Waals surface area contributed by atoms with E-state index >= 15 is 0 Å². The summed E-state index contributed by atoms with van der Waals surface area (Å²) in [6.07, 6.45) is 2.43. The average molecular weight is 228 g/mol. The highest BCUT2D eigenvalue weighted by molar-refractivity contribution is 5.74. The van der Waals surface area contributed by atoms with Crippen molar-refractivity contribution in [3.05, 3.63) is 0 Å². The number of carbonyl (C=O) groups excluding carboxylic acids is 1. The molecule has 92 valence electrons. The molecule has 1 aliphatic rings. The Balaban J connectivity index is 2.42. The molecular formula is C12H20O4. The largest absolute Gasteiger partial charge is 0.481 e. The van der Waals surface area contributed by atoms with Crippen LogP contribution in [0.5, 0.6) is 0 Å². The highest BCUT2D eigenvalue weighted by Gasteiger charge is 2.32. The summed E-state index contributed by atoms with van der Waals surface area (Å²) in [6.45, 7) is 5.52. The summed E-state index contributed by atoms with van der Waals surface area (Å²) in [5.41, 5.74) is -0.458. The monoisotopic (exact) mass is 228 g/mol. The number of carboxylic acid groups (broad SMARTS) is 1. The Kier molecular flexibility index (Phi) is 3.94. The lowest BCUT2D eigenvalue weighted by atomic mass is 9.82. The zero-order chi connectivity index (χ0) is 12.3. The lowest BCUT2D eigenvalue weighted by Crippen LogP contribution is -2.32. The van der Waals surface area contributed by atoms with Crippen LogP contribution in [0.2, 0.25) is 0 Å². The second kappa shape index (κ2) is 4.85. The zero-order valence-corrected chi connectivity index (χ0v) is 10.2. The van der Waals surface area contributed by atoms with Crippen molar-refractivity contribution in [2.75, 3.05) is 0 Å². The van der Waals surface area contributed by atoms with E-state index in [0.29, 0.717) is 25.7 Å². The van der Waals surface area contributed by atoms with E-state index in [2.05, 4.69) is 0 Å². The number of esters is 1. The molecule has 0 heterocycles. The molecule has 0 aromatic carbocycles. The van der Waals surface area contributed by atoms with E-state index in [1.54, 1.807) is 0 Å². The molecule has 0 radical (unpaired) electrons. The number of ether oxygens (including phenoxy) is 1. The fourth-order valence-corrected chi connectivity index (χ4v) is 1.96. The van der Waals surface area contributed by atoms with Crippen LogP contribution >= 0.6 is 0 Å². The predicted molar refractivity (Wildman–Crippen MR) is 58.9 cm³/mol. The molecule has 1 rings (SSSR count). The van der Waals surface area contributed by atoms with Crippen LogP contribution in [0, 0.1) is 11.8 Å². The predicted octanol–water partition coefficient (Wildman–Crippen LogP) is 2.22. The van der Waals surface area contributed by atoms with Crippen molar-refractivity contribution >= 4 is 11.9 Å². The van der Waals surface area contributed by atoms with E-state index < -0.39 is 11.6 Å². The lowest BCUT2D eigenvalue weighted by molar-refractivity contribution is -0.162. The van der Waals surface area contributed by atoms with Gasteiger partial charge in [-0.1, -0.05) is 0 Å². The lowest BCUT2D eigenvalue weighted by Gasteiger charge is -2.28. The summed E-state index contributed by atoms with van der Waals surface area (Å²) in [5.74, 6) is -1.33. The van der Waals surface area contributed by atoms with Crippen molar-refractivity contribution < 1.29 is 19.4 Å². The van der Waals surface area contributed by atoms with Gasteiger partial charge in [-0.05, 0) is 46.5 Å². The Hall–Kier alpha value is -1.06. The van der Waals surface area contributed by atoms with Crippen molar-refractivity contribution in [3.8, 4) is 0 Å². The summed E-state index contributed by atoms with van der Waals surface area (Å²) in [4.78, 5) is 22.5. The molecule has 1 N–H and O–H groups in total. The molecule has 16 heavy (non-hydrogen) atoms. The minimum absolute atomic E-state index is 0.116. The van der Waals surface area contributed by atoms with E-state index in [1.807, 2.05) is 20.8 Å². The summed E-state index contributed by atoms with van der Waals surface area (Å²) in [5, 5.41) is 8.83. The van der Waals surface area contributed by atoms with Crippen LogP contribution in [0.15, 0.2) is 0 Å². The highest BCUT2D eigenvalue weighted by atomic mass is 16.6. The second-order valence-corrected chi connectivity index (χ2v) is 5.42. The molecular weight excluding hydrogens is 208 g/mol. The molecule has 0 atom stereocenters. The normalized spacial score (nSPS) is 26.2. The Morgan fingerprint density at radius 2 is 1.50 bits per heavy atom. The zero-order valence-electron chi connectivity index (χ0n) is 10.2. The van der Waals surface area contributed by atoms with E-state index in [0.717, 1.165) is 0 Å². The summed E-state index contributed by atoms with van der Waals surface area (Å²) >= 11 is 0. The molecule has 0 saturated heterocycles. The van der Waals surface area contributed by atoms with Crippen LogP contribution in [0.1, 0.15) is 46.5 Å². The summed E-state index contributed by atoms with van der Waals surface area (Å²) in [7, 11) is 0. The van der Waals surface area contributed by atoms with Gasteiger partial charge < -0.3 is 9.84 Å². The van der Waals surface area contributed by atoms with Gasteiger partial charge in [-0.2, -0.15) is 0 Å². The maximum Gasteiger partial charge on any atom is 0.309 e. The van der Waals surface area contributed by atoms with Crippen LogP contribution in [0.25, 0.3) is 0 Å². The average Bonchev–Trinajstić information content (AvgIpc) is 2.15. The molecule has 4 heteroatoms. The highest BCUT2D eigenvalue weighted by Crippen LogP contribution is 2.30. The van der Waals surface area contributed by atoms with Crippen molar-refractivity contribution in [2.24, 2.45) is 11.8 Å². The fraction of sp³-hybridized carbons (Fsp3) is 0.833. The third kappa shape index (κ3) is 3.83. The van der Waals surface area contributed by atoms with Gasteiger partial charge in [-0.15, -0.1) is 0 Å². The van der Waals surface area contributed by atoms with Crippen molar-refractivity contribution in [3.63, 3.8) is 0 Å². The SMILES string of the molecule is CC(C)(C)OC(=O)C1CCC(C(=O)O)CC1. The number of aliphatic carboxylic acids is 1. The molecule has 0 aromatic rings. The first kappa shape index (κ1) is 13.0. The Morgan fingerprint density at radius 3 is 1.88 bits per heavy atom. The van der Waals surface area contributed by atoms with Gasteiger partial charge in [0.05, 0.1) is 11.8 Å². The Labute approximate surface area is 96.0 Å². The molecule has 0 unspecified atom stereocenters. The maximum atomic E-state index is 11.7. The van der Waals surface area contributed by atoms with E-state index in [-0.39, 0.29) is 17.8 Å². The van der Waals surface area contributed by atoms with Gasteiger partial charge >= 0.3 is 11.9 Å². The van der Waals surface area contributed by atoms with Crippen LogP contribution in [-0.4, -0.2) is 22.6 Å². The fourth-order valence-electron chi connectivity index (χ4n) is 1.96. The summed E-state index contributed by atoms with van der Waals surface area (Å²) in [6, 6.07) is 0. The Bertz CT molecular complexity index is 269. The molecule has 0 aliphatic heterocycles. The second-order valence-electron chi connectivity index (χ2n) is 5.42. The first-order valence-corrected chi connectivity index (χ1v) is 5.75. The molecule has 0 bridgehead atoms. The molecule has 0 spiro atoms. The van der Waals surface area contributed by atoms with Gasteiger partial charge in [0.2, 0.25) is 0 Å². The third-order valence-corrected chi connectivity index (χ3v) is 2.82. The van der Waals surface area contributed by atoms with Gasteiger partial charge in [0.15, 0.2) is 0 Å². The number of carbonyl (C=O) groups is 2. The number of rotatable bonds is 2. The first-order chi connectivity index (χ1) is 7.29. The van der Waals surface area contributed by atoms with Crippen LogP contribution in [0.4, 0.5) is 0 Å². The molecule has 0 amide bonds. The van der Waals surface area contributed by atoms with Gasteiger partial charge in [0.1, 0.15) is 5.60 Å². The van der Waals surface area contributed by atoms with Gasteiger partial charge in [0.25, 0.3) is 0 Å². The van der Waals surface area contributed by atoms with Crippen LogP contribution < -0.4 is 0 Å². The molecule has 1 aliphatic carbocycles. The third-order valence-electron chi connectivity index (χ3n) is 2.82. The van der Waals surface area contributed by atoms with E-state index in [1.165, 1.54) is 0 Å². The van der Waals surface area contributed by atoms with Crippen molar-refractivity contribution in [2.45, 2.75) is 52.1 Å². The topological polar surface area (TPSA) is 63.6 Å². The van der Waals surface area contributed by atoms with Gasteiger partial charge in [-0.25, -0.2) is 0 Å². The van der Waals surface area contributed by atoms with E-state index in [9.17, 15) is 9.59 Å². The molecule has 4 nitrogen and oxygen atoms in total. The standard InChI is InChI=1S/C12H20O4/c1-12(2,3)16-11(15)9-6-4-8(5-7-9)10(13)14/h8-9H,4-7H2,1-3H3,(H,13,14). The number of hydrogen-bond donors (Lipinski definition) is 1. The quantitative estimate of drug-likeness (QED) is 0.736. The van der Waals surface area contributed by atoms with Gasteiger partial charge in [0, 0.05) is 0 Å². The first-order valence-electron chi connectivity index (χ1n) is 5.75. The van der Waals surface area contributed by atoms with Crippen molar-refractivity contribution in [1.82, 2.24) is 0 Å². The molecule has 1 fully saturated rings. The molecule has 1 saturated carbocycles. The number of carboxylic acids is 1. The van der Waals surface area contributed by atoms with Crippen molar-refractivity contribution in [1.29, 1.82) is 0 Å². The maximum absolute atomic E-state index is 11.7. The minimum atomic E-state index is -0.748. The smallest absolute Gasteiger partial charge is 0.309 e. The summed E-state index contributed by atoms with van der Waals surface area (Å²) < 4.78 is 5.29. The van der Waals surface area contributed by atoms with Crippen LogP contribution in [-0.2, 0) is 14.3 Å². The number of hydrogen-bond acceptors (Lipinski definition) is 3. The minimum Gasteiger partial charge on any atom is -0.481 e. The van der Waals surface area contributed by atoms with Gasteiger partial charge in [-0.3, -0.25) is 9.59 Å².